The fourth-order valence-electron chi connectivity index (χ4n) is 1.22. The second kappa shape index (κ2) is 3.43. The minimum atomic E-state index is -1.05. The molecule has 1 heterocycles. The van der Waals surface area contributed by atoms with Crippen LogP contribution < -0.4 is 5.56 Å². The number of aromatic carboxylic acids is 1. The highest BCUT2D eigenvalue weighted by Gasteiger charge is 2.12. The first kappa shape index (κ1) is 9.51. The van der Waals surface area contributed by atoms with Gasteiger partial charge < -0.3 is 9.67 Å². The van der Waals surface area contributed by atoms with Crippen LogP contribution in [0.25, 0.3) is 0 Å². The smallest absolute Gasteiger partial charge is 0.336 e. The minimum absolute atomic E-state index is 0.102. The van der Waals surface area contributed by atoms with Gasteiger partial charge in [0.05, 0.1) is 5.56 Å². The summed E-state index contributed by atoms with van der Waals surface area (Å²) >= 11 is 0. The Kier molecular flexibility index (Phi) is 2.51. The Labute approximate surface area is 75.4 Å². The summed E-state index contributed by atoms with van der Waals surface area (Å²) in [7, 11) is 1.60. The summed E-state index contributed by atoms with van der Waals surface area (Å²) in [6, 6.07) is 1.45. The molecule has 0 aliphatic rings. The molecular formula is C9H11NO3. The van der Waals surface area contributed by atoms with E-state index in [-0.39, 0.29) is 11.1 Å². The molecule has 4 nitrogen and oxygen atoms in total. The topological polar surface area (TPSA) is 59.3 Å². The fourth-order valence-corrected chi connectivity index (χ4v) is 1.22. The van der Waals surface area contributed by atoms with Crippen LogP contribution in [0.3, 0.4) is 0 Å². The van der Waals surface area contributed by atoms with Crippen LogP contribution in [0.1, 0.15) is 22.8 Å². The molecule has 1 N–H and O–H groups in total. The van der Waals surface area contributed by atoms with Gasteiger partial charge in [-0.15, -0.1) is 0 Å². The molecule has 70 valence electrons. The summed E-state index contributed by atoms with van der Waals surface area (Å²) in [6.07, 6.45) is 1.90. The molecule has 1 aromatic heterocycles. The van der Waals surface area contributed by atoms with Crippen molar-refractivity contribution in [2.75, 3.05) is 0 Å². The summed E-state index contributed by atoms with van der Waals surface area (Å²) in [5.74, 6) is -1.05. The Bertz CT molecular complexity index is 392. The Morgan fingerprint density at radius 1 is 1.62 bits per heavy atom. The van der Waals surface area contributed by atoms with Gasteiger partial charge in [-0.3, -0.25) is 4.79 Å². The van der Waals surface area contributed by atoms with E-state index in [1.54, 1.807) is 14.0 Å². The van der Waals surface area contributed by atoms with Crippen molar-refractivity contribution in [2.45, 2.75) is 13.3 Å². The van der Waals surface area contributed by atoms with E-state index < -0.39 is 5.97 Å². The van der Waals surface area contributed by atoms with Crippen LogP contribution in [0.15, 0.2) is 17.1 Å². The first-order valence-corrected chi connectivity index (χ1v) is 3.99. The standard InChI is InChI=1S/C9H11NO3/c1-3-6-7(9(12)13)4-5-10(2)8(6)11/h4-5H,3H2,1-2H3,(H,12,13). The van der Waals surface area contributed by atoms with Gasteiger partial charge in [-0.2, -0.15) is 0 Å². The molecule has 4 heteroatoms. The lowest BCUT2D eigenvalue weighted by Gasteiger charge is -2.04. The number of hydrogen-bond acceptors (Lipinski definition) is 2. The van der Waals surface area contributed by atoms with Gasteiger partial charge in [-0.05, 0) is 12.5 Å². The van der Waals surface area contributed by atoms with Gasteiger partial charge in [0.1, 0.15) is 0 Å². The summed E-state index contributed by atoms with van der Waals surface area (Å²) < 4.78 is 1.38. The van der Waals surface area contributed by atoms with Crippen molar-refractivity contribution in [2.24, 2.45) is 7.05 Å². The van der Waals surface area contributed by atoms with E-state index in [0.29, 0.717) is 12.0 Å². The Hall–Kier alpha value is -1.58. The van der Waals surface area contributed by atoms with Crippen LogP contribution in [-0.2, 0) is 13.5 Å². The number of aryl methyl sites for hydroxylation is 1. The number of hydrogen-bond donors (Lipinski definition) is 1. The number of carbonyl (C=O) groups is 1. The molecule has 0 spiro atoms. The predicted molar refractivity (Wildman–Crippen MR) is 48.0 cm³/mol. The second-order valence-electron chi connectivity index (χ2n) is 2.78. The minimum Gasteiger partial charge on any atom is -0.478 e. The van der Waals surface area contributed by atoms with Crippen LogP contribution in [0.5, 0.6) is 0 Å². The molecule has 0 saturated carbocycles. The Morgan fingerprint density at radius 3 is 2.69 bits per heavy atom. The number of nitrogens with zero attached hydrogens (tertiary/aromatic N) is 1. The molecule has 1 rings (SSSR count). The van der Waals surface area contributed by atoms with E-state index in [1.807, 2.05) is 0 Å². The average molecular weight is 181 g/mol. The van der Waals surface area contributed by atoms with Crippen molar-refractivity contribution < 1.29 is 9.90 Å². The molecule has 0 aromatic carbocycles. The molecule has 0 bridgehead atoms. The van der Waals surface area contributed by atoms with Crippen molar-refractivity contribution in [3.05, 3.63) is 33.7 Å². The highest BCUT2D eigenvalue weighted by Crippen LogP contribution is 2.03. The van der Waals surface area contributed by atoms with Gasteiger partial charge in [0.2, 0.25) is 0 Å². The first-order chi connectivity index (χ1) is 6.07. The van der Waals surface area contributed by atoms with Crippen molar-refractivity contribution in [3.63, 3.8) is 0 Å². The van der Waals surface area contributed by atoms with Crippen LogP contribution in [0.4, 0.5) is 0 Å². The lowest BCUT2D eigenvalue weighted by molar-refractivity contribution is 0.0695. The van der Waals surface area contributed by atoms with E-state index in [9.17, 15) is 9.59 Å². The third-order valence-corrected chi connectivity index (χ3v) is 1.95. The largest absolute Gasteiger partial charge is 0.478 e. The molecule has 0 radical (unpaired) electrons. The van der Waals surface area contributed by atoms with Crippen molar-refractivity contribution in [3.8, 4) is 0 Å². The molecule has 0 saturated heterocycles. The second-order valence-corrected chi connectivity index (χ2v) is 2.78. The van der Waals surface area contributed by atoms with Crippen molar-refractivity contribution in [1.29, 1.82) is 0 Å². The quantitative estimate of drug-likeness (QED) is 0.728. The van der Waals surface area contributed by atoms with Gasteiger partial charge in [0.25, 0.3) is 5.56 Å². The van der Waals surface area contributed by atoms with E-state index >= 15 is 0 Å². The maximum Gasteiger partial charge on any atom is 0.336 e. The molecule has 0 unspecified atom stereocenters. The lowest BCUT2D eigenvalue weighted by atomic mass is 10.1. The zero-order valence-electron chi connectivity index (χ0n) is 7.57. The maximum absolute atomic E-state index is 11.4. The van der Waals surface area contributed by atoms with Gasteiger partial charge in [-0.25, -0.2) is 4.79 Å². The lowest BCUT2D eigenvalue weighted by Crippen LogP contribution is -2.23. The summed E-state index contributed by atoms with van der Waals surface area (Å²) in [6.45, 7) is 1.77. The van der Waals surface area contributed by atoms with E-state index in [2.05, 4.69) is 0 Å². The summed E-state index contributed by atoms with van der Waals surface area (Å²) in [5, 5.41) is 8.76. The number of carboxylic acids is 1. The predicted octanol–water partition coefficient (Wildman–Crippen LogP) is 0.646. The van der Waals surface area contributed by atoms with Crippen LogP contribution >= 0.6 is 0 Å². The molecule has 13 heavy (non-hydrogen) atoms. The number of carboxylic acid groups (broad SMARTS) is 1. The molecule has 1 aromatic rings. The maximum atomic E-state index is 11.4. The zero-order chi connectivity index (χ0) is 10.0. The third kappa shape index (κ3) is 1.61. The number of aromatic nitrogens is 1. The van der Waals surface area contributed by atoms with E-state index in [4.69, 9.17) is 5.11 Å². The normalized spacial score (nSPS) is 10.0. The molecule has 0 aliphatic carbocycles. The summed E-state index contributed by atoms with van der Waals surface area (Å²) in [5.41, 5.74) is 0.227. The SMILES string of the molecule is CCc1c(C(=O)O)ccn(C)c1=O. The monoisotopic (exact) mass is 181 g/mol. The highest BCUT2D eigenvalue weighted by molar-refractivity contribution is 5.89. The van der Waals surface area contributed by atoms with Crippen LogP contribution in [0.2, 0.25) is 0 Å². The van der Waals surface area contributed by atoms with Crippen LogP contribution in [0, 0.1) is 0 Å². The van der Waals surface area contributed by atoms with Gasteiger partial charge in [0.15, 0.2) is 0 Å². The molecular weight excluding hydrogens is 170 g/mol. The molecule has 0 fully saturated rings. The third-order valence-electron chi connectivity index (χ3n) is 1.95. The highest BCUT2D eigenvalue weighted by atomic mass is 16.4. The van der Waals surface area contributed by atoms with E-state index in [1.165, 1.54) is 16.8 Å². The Balaban J connectivity index is 3.48. The van der Waals surface area contributed by atoms with Crippen molar-refractivity contribution >= 4 is 5.97 Å². The number of rotatable bonds is 2. The van der Waals surface area contributed by atoms with Crippen LogP contribution in [-0.4, -0.2) is 15.6 Å². The fraction of sp³-hybridized carbons (Fsp3) is 0.333. The number of pyridine rings is 1. The molecule has 0 aliphatic heterocycles. The average Bonchev–Trinajstić information content (AvgIpc) is 2.09. The first-order valence-electron chi connectivity index (χ1n) is 3.99. The summed E-state index contributed by atoms with van der Waals surface area (Å²) in [4.78, 5) is 22.1. The molecule has 0 amide bonds. The van der Waals surface area contributed by atoms with Gasteiger partial charge in [-0.1, -0.05) is 6.92 Å². The van der Waals surface area contributed by atoms with Crippen molar-refractivity contribution in [1.82, 2.24) is 4.57 Å². The molecule has 0 atom stereocenters. The van der Waals surface area contributed by atoms with E-state index in [0.717, 1.165) is 0 Å². The van der Waals surface area contributed by atoms with Gasteiger partial charge in [0, 0.05) is 18.8 Å². The zero-order valence-corrected chi connectivity index (χ0v) is 7.57. The van der Waals surface area contributed by atoms with Gasteiger partial charge >= 0.3 is 5.97 Å². The Morgan fingerprint density at radius 2 is 2.23 bits per heavy atom.